The van der Waals surface area contributed by atoms with Crippen molar-refractivity contribution >= 4 is 34.3 Å². The molecular formula is C17H16N4O3S. The molecule has 1 heterocycles. The lowest BCUT2D eigenvalue weighted by Gasteiger charge is -2.09. The van der Waals surface area contributed by atoms with Crippen LogP contribution in [0.15, 0.2) is 58.5 Å². The van der Waals surface area contributed by atoms with Crippen LogP contribution in [-0.2, 0) is 4.79 Å². The molecule has 0 aliphatic carbocycles. The SMILES string of the molecule is COc1cccc(NC(=O)CSc2nc3ccccc3c(=O)n2N)c1. The molecule has 0 saturated heterocycles. The molecule has 0 aliphatic rings. The van der Waals surface area contributed by atoms with Gasteiger partial charge in [0.05, 0.1) is 23.8 Å². The fourth-order valence-corrected chi connectivity index (χ4v) is 2.97. The number of fused-ring (bicyclic) bond motifs is 1. The van der Waals surface area contributed by atoms with Crippen molar-refractivity contribution in [2.24, 2.45) is 0 Å². The predicted octanol–water partition coefficient (Wildman–Crippen LogP) is 1.85. The topological polar surface area (TPSA) is 99.2 Å². The normalized spacial score (nSPS) is 10.6. The lowest BCUT2D eigenvalue weighted by molar-refractivity contribution is -0.113. The average Bonchev–Trinajstić information content (AvgIpc) is 2.63. The van der Waals surface area contributed by atoms with Crippen LogP contribution in [0.2, 0.25) is 0 Å². The number of hydrogen-bond acceptors (Lipinski definition) is 6. The molecule has 0 spiro atoms. The van der Waals surface area contributed by atoms with Gasteiger partial charge in [-0.05, 0) is 24.3 Å². The van der Waals surface area contributed by atoms with Crippen molar-refractivity contribution < 1.29 is 9.53 Å². The van der Waals surface area contributed by atoms with Crippen LogP contribution >= 0.6 is 11.8 Å². The zero-order valence-corrected chi connectivity index (χ0v) is 14.2. The van der Waals surface area contributed by atoms with E-state index >= 15 is 0 Å². The maximum atomic E-state index is 12.2. The lowest BCUT2D eigenvalue weighted by Crippen LogP contribution is -2.30. The Morgan fingerprint density at radius 1 is 1.28 bits per heavy atom. The first-order chi connectivity index (χ1) is 12.1. The van der Waals surface area contributed by atoms with Crippen molar-refractivity contribution in [2.45, 2.75) is 5.16 Å². The Labute approximate surface area is 147 Å². The number of nitrogens with zero attached hydrogens (tertiary/aromatic N) is 2. The Balaban J connectivity index is 1.73. The smallest absolute Gasteiger partial charge is 0.280 e. The largest absolute Gasteiger partial charge is 0.497 e. The number of nitrogen functional groups attached to an aromatic ring is 1. The van der Waals surface area contributed by atoms with Gasteiger partial charge in [-0.15, -0.1) is 0 Å². The number of nitrogens with two attached hydrogens (primary N) is 1. The summed E-state index contributed by atoms with van der Waals surface area (Å²) in [6.45, 7) is 0. The van der Waals surface area contributed by atoms with E-state index in [1.807, 2.05) is 0 Å². The van der Waals surface area contributed by atoms with Crippen molar-refractivity contribution in [3.05, 3.63) is 58.9 Å². The molecule has 0 bridgehead atoms. The zero-order chi connectivity index (χ0) is 17.8. The minimum atomic E-state index is -0.346. The molecule has 0 radical (unpaired) electrons. The van der Waals surface area contributed by atoms with Crippen LogP contribution in [0.5, 0.6) is 5.75 Å². The number of thioether (sulfide) groups is 1. The van der Waals surface area contributed by atoms with E-state index < -0.39 is 0 Å². The number of benzene rings is 2. The molecule has 0 saturated carbocycles. The summed E-state index contributed by atoms with van der Waals surface area (Å²) in [7, 11) is 1.56. The van der Waals surface area contributed by atoms with Crippen LogP contribution < -0.4 is 21.5 Å². The van der Waals surface area contributed by atoms with Crippen LogP contribution in [0.1, 0.15) is 0 Å². The summed E-state index contributed by atoms with van der Waals surface area (Å²) in [5, 5.41) is 3.48. The first-order valence-electron chi connectivity index (χ1n) is 7.42. The van der Waals surface area contributed by atoms with Gasteiger partial charge in [-0.3, -0.25) is 9.59 Å². The lowest BCUT2D eigenvalue weighted by atomic mass is 10.2. The van der Waals surface area contributed by atoms with Crippen LogP contribution in [0.3, 0.4) is 0 Å². The summed E-state index contributed by atoms with van der Waals surface area (Å²) in [5.41, 5.74) is 0.827. The second-order valence-electron chi connectivity index (χ2n) is 5.16. The first-order valence-corrected chi connectivity index (χ1v) is 8.40. The molecule has 1 amide bonds. The van der Waals surface area contributed by atoms with Gasteiger partial charge in [0.15, 0.2) is 5.16 Å². The Kier molecular flexibility index (Phi) is 4.90. The van der Waals surface area contributed by atoms with Gasteiger partial charge in [0.25, 0.3) is 5.56 Å². The highest BCUT2D eigenvalue weighted by Gasteiger charge is 2.11. The number of hydrogen-bond donors (Lipinski definition) is 2. The second-order valence-corrected chi connectivity index (χ2v) is 6.10. The van der Waals surface area contributed by atoms with Gasteiger partial charge in [-0.25, -0.2) is 9.66 Å². The molecule has 2 aromatic carbocycles. The van der Waals surface area contributed by atoms with Crippen LogP contribution in [0, 0.1) is 0 Å². The third kappa shape index (κ3) is 3.74. The Bertz CT molecular complexity index is 987. The van der Waals surface area contributed by atoms with Crippen LogP contribution in [0.25, 0.3) is 10.9 Å². The van der Waals surface area contributed by atoms with Gasteiger partial charge >= 0.3 is 0 Å². The molecule has 25 heavy (non-hydrogen) atoms. The molecule has 0 aliphatic heterocycles. The maximum absolute atomic E-state index is 12.2. The number of methoxy groups -OCH3 is 1. The Morgan fingerprint density at radius 3 is 2.88 bits per heavy atom. The van der Waals surface area contributed by atoms with Gasteiger partial charge in [-0.2, -0.15) is 0 Å². The minimum absolute atomic E-state index is 0.0686. The number of carbonyl (C=O) groups is 1. The standard InChI is InChI=1S/C17H16N4O3S/c1-24-12-6-4-5-11(9-12)19-15(22)10-25-17-20-14-8-3-2-7-13(14)16(23)21(17)18/h2-9H,10,18H2,1H3,(H,19,22). The van der Waals surface area contributed by atoms with Gasteiger partial charge in [-0.1, -0.05) is 30.0 Å². The van der Waals surface area contributed by atoms with E-state index in [9.17, 15) is 9.59 Å². The highest BCUT2D eigenvalue weighted by Crippen LogP contribution is 2.19. The van der Waals surface area contributed by atoms with Gasteiger partial charge in [0.2, 0.25) is 5.91 Å². The van der Waals surface area contributed by atoms with Crippen molar-refractivity contribution in [2.75, 3.05) is 24.0 Å². The number of aromatic nitrogens is 2. The number of para-hydroxylation sites is 1. The molecule has 1 aromatic heterocycles. The summed E-state index contributed by atoms with van der Waals surface area (Å²) in [5.74, 6) is 6.28. The van der Waals surface area contributed by atoms with E-state index in [0.29, 0.717) is 22.3 Å². The molecule has 8 heteroatoms. The van der Waals surface area contributed by atoms with Crippen LogP contribution in [0.4, 0.5) is 5.69 Å². The molecule has 0 unspecified atom stereocenters. The van der Waals surface area contributed by atoms with Crippen molar-refractivity contribution in [1.82, 2.24) is 9.66 Å². The number of rotatable bonds is 5. The van der Waals surface area contributed by atoms with Gasteiger partial charge < -0.3 is 15.9 Å². The van der Waals surface area contributed by atoms with E-state index in [2.05, 4.69) is 10.3 Å². The number of carbonyl (C=O) groups excluding carboxylic acids is 1. The summed E-state index contributed by atoms with van der Waals surface area (Å²) < 4.78 is 6.08. The van der Waals surface area contributed by atoms with Crippen LogP contribution in [-0.4, -0.2) is 28.4 Å². The molecule has 3 rings (SSSR count). The predicted molar refractivity (Wildman–Crippen MR) is 98.5 cm³/mol. The highest BCUT2D eigenvalue weighted by atomic mass is 32.2. The fraction of sp³-hybridized carbons (Fsp3) is 0.118. The summed E-state index contributed by atoms with van der Waals surface area (Å²) in [6.07, 6.45) is 0. The molecule has 7 nitrogen and oxygen atoms in total. The van der Waals surface area contributed by atoms with Crippen molar-refractivity contribution in [3.8, 4) is 5.75 Å². The fourth-order valence-electron chi connectivity index (χ4n) is 2.26. The number of nitrogens with one attached hydrogen (secondary N) is 1. The summed E-state index contributed by atoms with van der Waals surface area (Å²) in [6, 6.07) is 14.0. The summed E-state index contributed by atoms with van der Waals surface area (Å²) in [4.78, 5) is 28.7. The molecule has 0 fully saturated rings. The number of anilines is 1. The van der Waals surface area contributed by atoms with E-state index in [-0.39, 0.29) is 22.4 Å². The Hall–Kier alpha value is -3.00. The van der Waals surface area contributed by atoms with E-state index in [1.165, 1.54) is 0 Å². The number of amides is 1. The monoisotopic (exact) mass is 356 g/mol. The molecule has 3 N–H and O–H groups in total. The van der Waals surface area contributed by atoms with Crippen molar-refractivity contribution in [1.29, 1.82) is 0 Å². The van der Waals surface area contributed by atoms with Crippen molar-refractivity contribution in [3.63, 3.8) is 0 Å². The highest BCUT2D eigenvalue weighted by molar-refractivity contribution is 7.99. The molecule has 3 aromatic rings. The molecule has 0 atom stereocenters. The van der Waals surface area contributed by atoms with E-state index in [1.54, 1.807) is 55.6 Å². The van der Waals surface area contributed by atoms with Gasteiger partial charge in [0.1, 0.15) is 5.75 Å². The molecular weight excluding hydrogens is 340 g/mol. The quantitative estimate of drug-likeness (QED) is 0.411. The van der Waals surface area contributed by atoms with E-state index in [0.717, 1.165) is 16.4 Å². The Morgan fingerprint density at radius 2 is 2.08 bits per heavy atom. The van der Waals surface area contributed by atoms with Gasteiger partial charge in [0, 0.05) is 11.8 Å². The third-order valence-electron chi connectivity index (χ3n) is 3.46. The zero-order valence-electron chi connectivity index (χ0n) is 13.4. The summed E-state index contributed by atoms with van der Waals surface area (Å²) >= 11 is 1.10. The van der Waals surface area contributed by atoms with E-state index in [4.69, 9.17) is 10.6 Å². The third-order valence-corrected chi connectivity index (χ3v) is 4.41. The molecule has 128 valence electrons. The first kappa shape index (κ1) is 16.8. The second kappa shape index (κ2) is 7.27. The average molecular weight is 356 g/mol. The maximum Gasteiger partial charge on any atom is 0.280 e. The minimum Gasteiger partial charge on any atom is -0.497 e. The number of ether oxygens (including phenoxy) is 1.